The number of carbonyl (C=O) groups is 1. The highest BCUT2D eigenvalue weighted by molar-refractivity contribution is 7.92. The SMILES string of the molecule is Cc1cc(F)cc(C(=O)O)c1NS(=O)(=O)c1ccc(CCCCl)cc1. The van der Waals surface area contributed by atoms with E-state index in [-0.39, 0.29) is 16.1 Å². The fourth-order valence-electron chi connectivity index (χ4n) is 2.35. The molecule has 2 aromatic carbocycles. The Kier molecular flexibility index (Phi) is 6.02. The van der Waals surface area contributed by atoms with Crippen molar-refractivity contribution in [3.63, 3.8) is 0 Å². The zero-order valence-electron chi connectivity index (χ0n) is 13.4. The standard InChI is InChI=1S/C17H17ClFNO4S/c1-11-9-13(19)10-15(17(21)22)16(11)20-25(23,24)14-6-4-12(5-7-14)3-2-8-18/h4-7,9-10,20H,2-3,8H2,1H3,(H,21,22). The molecule has 0 spiro atoms. The maximum Gasteiger partial charge on any atom is 0.337 e. The van der Waals surface area contributed by atoms with Gasteiger partial charge in [-0.1, -0.05) is 12.1 Å². The first-order valence-corrected chi connectivity index (χ1v) is 9.47. The quantitative estimate of drug-likeness (QED) is 0.710. The van der Waals surface area contributed by atoms with Crippen molar-refractivity contribution in [3.05, 3.63) is 58.9 Å². The summed E-state index contributed by atoms with van der Waals surface area (Å²) in [5, 5.41) is 9.19. The fourth-order valence-corrected chi connectivity index (χ4v) is 3.63. The summed E-state index contributed by atoms with van der Waals surface area (Å²) in [6.07, 6.45) is 1.51. The molecule has 0 aromatic heterocycles. The van der Waals surface area contributed by atoms with E-state index in [1.165, 1.54) is 19.1 Å². The van der Waals surface area contributed by atoms with E-state index in [9.17, 15) is 22.7 Å². The molecule has 5 nitrogen and oxygen atoms in total. The summed E-state index contributed by atoms with van der Waals surface area (Å²) < 4.78 is 40.7. The highest BCUT2D eigenvalue weighted by atomic mass is 35.5. The first-order chi connectivity index (χ1) is 11.7. The summed E-state index contributed by atoms with van der Waals surface area (Å²) in [6, 6.07) is 8.08. The van der Waals surface area contributed by atoms with Crippen LogP contribution in [0.1, 0.15) is 27.9 Å². The third-order valence-corrected chi connectivity index (χ3v) is 5.23. The van der Waals surface area contributed by atoms with Crippen LogP contribution in [0.5, 0.6) is 0 Å². The Morgan fingerprint density at radius 3 is 2.44 bits per heavy atom. The average molecular weight is 386 g/mol. The lowest BCUT2D eigenvalue weighted by Crippen LogP contribution is -2.17. The Bertz CT molecular complexity index is 882. The monoisotopic (exact) mass is 385 g/mol. The Morgan fingerprint density at radius 2 is 1.88 bits per heavy atom. The highest BCUT2D eigenvalue weighted by Gasteiger charge is 2.21. The Labute approximate surface area is 150 Å². The minimum atomic E-state index is -4.00. The fraction of sp³-hybridized carbons (Fsp3) is 0.235. The largest absolute Gasteiger partial charge is 0.478 e. The van der Waals surface area contributed by atoms with Gasteiger partial charge in [-0.3, -0.25) is 4.72 Å². The number of hydrogen-bond donors (Lipinski definition) is 2. The molecular weight excluding hydrogens is 369 g/mol. The van der Waals surface area contributed by atoms with Crippen LogP contribution in [0.4, 0.5) is 10.1 Å². The van der Waals surface area contributed by atoms with Crippen molar-refractivity contribution in [2.24, 2.45) is 0 Å². The van der Waals surface area contributed by atoms with Gasteiger partial charge in [-0.15, -0.1) is 11.6 Å². The zero-order valence-corrected chi connectivity index (χ0v) is 15.0. The molecule has 134 valence electrons. The number of carboxylic acids is 1. The van der Waals surface area contributed by atoms with E-state index in [4.69, 9.17) is 11.6 Å². The zero-order chi connectivity index (χ0) is 18.6. The molecule has 0 unspecified atom stereocenters. The van der Waals surface area contributed by atoms with Gasteiger partial charge < -0.3 is 5.11 Å². The lowest BCUT2D eigenvalue weighted by molar-refractivity contribution is 0.0697. The Hall–Kier alpha value is -2.12. The third kappa shape index (κ3) is 4.70. The van der Waals surface area contributed by atoms with Crippen LogP contribution in [-0.2, 0) is 16.4 Å². The number of alkyl halides is 1. The van der Waals surface area contributed by atoms with Crippen molar-refractivity contribution >= 4 is 33.3 Å². The van der Waals surface area contributed by atoms with Gasteiger partial charge in [0.2, 0.25) is 0 Å². The van der Waals surface area contributed by atoms with Crippen molar-refractivity contribution in [3.8, 4) is 0 Å². The number of hydrogen-bond acceptors (Lipinski definition) is 3. The minimum absolute atomic E-state index is 0.0119. The number of halogens is 2. The molecule has 8 heteroatoms. The maximum atomic E-state index is 13.4. The van der Waals surface area contributed by atoms with Crippen molar-refractivity contribution in [2.75, 3.05) is 10.6 Å². The predicted octanol–water partition coefficient (Wildman–Crippen LogP) is 3.80. The van der Waals surface area contributed by atoms with Crippen LogP contribution < -0.4 is 4.72 Å². The molecular formula is C17H17ClFNO4S. The van der Waals surface area contributed by atoms with E-state index in [0.29, 0.717) is 5.88 Å². The van der Waals surface area contributed by atoms with Gasteiger partial charge in [-0.25, -0.2) is 17.6 Å². The number of aryl methyl sites for hydroxylation is 2. The predicted molar refractivity (Wildman–Crippen MR) is 94.4 cm³/mol. The molecule has 0 saturated heterocycles. The van der Waals surface area contributed by atoms with Gasteiger partial charge >= 0.3 is 5.97 Å². The van der Waals surface area contributed by atoms with Gasteiger partial charge in [0.05, 0.1) is 16.1 Å². The van der Waals surface area contributed by atoms with E-state index in [0.717, 1.165) is 30.5 Å². The van der Waals surface area contributed by atoms with Crippen LogP contribution in [-0.4, -0.2) is 25.4 Å². The second kappa shape index (κ2) is 7.84. The van der Waals surface area contributed by atoms with Crippen LogP contribution in [0.2, 0.25) is 0 Å². The maximum absolute atomic E-state index is 13.4. The van der Waals surface area contributed by atoms with Crippen LogP contribution in [0.3, 0.4) is 0 Å². The van der Waals surface area contributed by atoms with Gasteiger partial charge in [0.15, 0.2) is 0 Å². The molecule has 0 atom stereocenters. The number of sulfonamides is 1. The highest BCUT2D eigenvalue weighted by Crippen LogP contribution is 2.26. The molecule has 0 aliphatic carbocycles. The summed E-state index contributed by atoms with van der Waals surface area (Å²) in [5.41, 5.74) is 0.531. The van der Waals surface area contributed by atoms with Crippen LogP contribution in [0, 0.1) is 12.7 Å². The first kappa shape index (κ1) is 19.2. The smallest absolute Gasteiger partial charge is 0.337 e. The van der Waals surface area contributed by atoms with Crippen LogP contribution >= 0.6 is 11.6 Å². The van der Waals surface area contributed by atoms with Crippen molar-refractivity contribution in [2.45, 2.75) is 24.7 Å². The summed E-state index contributed by atoms with van der Waals surface area (Å²) in [7, 11) is -4.00. The summed E-state index contributed by atoms with van der Waals surface area (Å²) in [6.45, 7) is 1.43. The van der Waals surface area contributed by atoms with E-state index in [2.05, 4.69) is 4.72 Å². The first-order valence-electron chi connectivity index (χ1n) is 7.46. The summed E-state index contributed by atoms with van der Waals surface area (Å²) in [4.78, 5) is 11.3. The second-order valence-electron chi connectivity index (χ2n) is 5.49. The number of rotatable bonds is 7. The van der Waals surface area contributed by atoms with Crippen molar-refractivity contribution in [1.29, 1.82) is 0 Å². The topological polar surface area (TPSA) is 83.5 Å². The van der Waals surface area contributed by atoms with Crippen LogP contribution in [0.15, 0.2) is 41.3 Å². The Morgan fingerprint density at radius 1 is 1.24 bits per heavy atom. The van der Waals surface area contributed by atoms with E-state index in [1.807, 2.05) is 0 Å². The number of anilines is 1. The normalized spacial score (nSPS) is 11.3. The molecule has 0 bridgehead atoms. The Balaban J connectivity index is 2.35. The van der Waals surface area contributed by atoms with E-state index in [1.54, 1.807) is 12.1 Å². The summed E-state index contributed by atoms with van der Waals surface area (Å²) in [5.74, 6) is -1.65. The molecule has 2 aromatic rings. The van der Waals surface area contributed by atoms with Crippen molar-refractivity contribution in [1.82, 2.24) is 0 Å². The molecule has 0 heterocycles. The van der Waals surface area contributed by atoms with Gasteiger partial charge in [-0.2, -0.15) is 0 Å². The van der Waals surface area contributed by atoms with Crippen LogP contribution in [0.25, 0.3) is 0 Å². The number of carboxylic acid groups (broad SMARTS) is 1. The molecule has 0 aliphatic heterocycles. The van der Waals surface area contributed by atoms with E-state index >= 15 is 0 Å². The lowest BCUT2D eigenvalue weighted by Gasteiger charge is -2.14. The number of nitrogens with one attached hydrogen (secondary N) is 1. The van der Waals surface area contributed by atoms with Gasteiger partial charge in [-0.05, 0) is 55.2 Å². The van der Waals surface area contributed by atoms with Gasteiger partial charge in [0.25, 0.3) is 10.0 Å². The minimum Gasteiger partial charge on any atom is -0.478 e. The van der Waals surface area contributed by atoms with Gasteiger partial charge in [0.1, 0.15) is 5.82 Å². The average Bonchev–Trinajstić information content (AvgIpc) is 2.55. The lowest BCUT2D eigenvalue weighted by atomic mass is 10.1. The second-order valence-corrected chi connectivity index (χ2v) is 7.55. The number of aromatic carboxylic acids is 1. The molecule has 0 fully saturated rings. The summed E-state index contributed by atoms with van der Waals surface area (Å²) >= 11 is 5.63. The molecule has 25 heavy (non-hydrogen) atoms. The molecule has 0 saturated carbocycles. The molecule has 0 amide bonds. The molecule has 0 radical (unpaired) electrons. The third-order valence-electron chi connectivity index (χ3n) is 3.60. The van der Waals surface area contributed by atoms with Crippen molar-refractivity contribution < 1.29 is 22.7 Å². The number of benzene rings is 2. The van der Waals surface area contributed by atoms with Gasteiger partial charge in [0, 0.05) is 5.88 Å². The van der Waals surface area contributed by atoms with E-state index < -0.39 is 27.4 Å². The molecule has 2 rings (SSSR count). The molecule has 2 N–H and O–H groups in total. The molecule has 0 aliphatic rings.